The molecule has 3 rings (SSSR count). The van der Waals surface area contributed by atoms with E-state index in [4.69, 9.17) is 0 Å². The van der Waals surface area contributed by atoms with Crippen molar-refractivity contribution >= 4 is 17.4 Å². The third kappa shape index (κ3) is 4.09. The van der Waals surface area contributed by atoms with Crippen LogP contribution in [0.3, 0.4) is 0 Å². The first kappa shape index (κ1) is 17.7. The second-order valence-electron chi connectivity index (χ2n) is 6.34. The minimum atomic E-state index is -0.623. The Morgan fingerprint density at radius 1 is 0.962 bits per heavy atom. The number of aromatic nitrogens is 1. The van der Waals surface area contributed by atoms with Gasteiger partial charge in [0.1, 0.15) is 0 Å². The lowest BCUT2D eigenvalue weighted by molar-refractivity contribution is -0.112. The Kier molecular flexibility index (Phi) is 5.32. The van der Waals surface area contributed by atoms with Crippen LogP contribution >= 0.6 is 0 Å². The molecule has 132 valence electrons. The Bertz CT molecular complexity index is 923. The molecule has 0 aliphatic carbocycles. The van der Waals surface area contributed by atoms with Crippen molar-refractivity contribution in [2.75, 3.05) is 5.32 Å². The lowest BCUT2D eigenvalue weighted by atomic mass is 10.1. The number of hydrogen-bond acceptors (Lipinski definition) is 2. The summed E-state index contributed by atoms with van der Waals surface area (Å²) in [6.45, 7) is 4.63. The van der Waals surface area contributed by atoms with Crippen LogP contribution in [0.25, 0.3) is 0 Å². The molecule has 0 unspecified atom stereocenters. The van der Waals surface area contributed by atoms with Gasteiger partial charge in [-0.1, -0.05) is 48.9 Å². The summed E-state index contributed by atoms with van der Waals surface area (Å²) in [4.78, 5) is 25.0. The maximum Gasteiger partial charge on any atom is 0.298 e. The molecule has 1 amide bonds. The number of amides is 1. The van der Waals surface area contributed by atoms with Crippen LogP contribution in [0.15, 0.2) is 66.9 Å². The van der Waals surface area contributed by atoms with E-state index in [9.17, 15) is 9.59 Å². The van der Waals surface area contributed by atoms with E-state index >= 15 is 0 Å². The van der Waals surface area contributed by atoms with Crippen molar-refractivity contribution in [3.05, 3.63) is 89.2 Å². The van der Waals surface area contributed by atoms with Gasteiger partial charge in [-0.05, 0) is 48.7 Å². The molecule has 1 aromatic heterocycles. The lowest BCUT2D eigenvalue weighted by Crippen LogP contribution is -2.25. The summed E-state index contributed by atoms with van der Waals surface area (Å²) in [7, 11) is 0. The van der Waals surface area contributed by atoms with Crippen molar-refractivity contribution in [3.63, 3.8) is 0 Å². The first-order valence-electron chi connectivity index (χ1n) is 8.72. The Labute approximate surface area is 153 Å². The van der Waals surface area contributed by atoms with E-state index in [1.807, 2.05) is 62.5 Å². The fraction of sp³-hybridized carbons (Fsp3) is 0.182. The van der Waals surface area contributed by atoms with Gasteiger partial charge in [-0.15, -0.1) is 0 Å². The summed E-state index contributed by atoms with van der Waals surface area (Å²) in [5.41, 5.74) is 4.40. The Morgan fingerprint density at radius 3 is 2.46 bits per heavy atom. The highest BCUT2D eigenvalue weighted by atomic mass is 16.2. The molecule has 0 fully saturated rings. The van der Waals surface area contributed by atoms with E-state index in [0.717, 1.165) is 17.5 Å². The predicted molar refractivity (Wildman–Crippen MR) is 103 cm³/mol. The summed E-state index contributed by atoms with van der Waals surface area (Å²) in [5.74, 6) is -1.16. The van der Waals surface area contributed by atoms with Crippen molar-refractivity contribution < 1.29 is 9.59 Å². The third-order valence-electron chi connectivity index (χ3n) is 4.34. The zero-order valence-electron chi connectivity index (χ0n) is 15.0. The fourth-order valence-electron chi connectivity index (χ4n) is 2.82. The van der Waals surface area contributed by atoms with Crippen LogP contribution in [0.5, 0.6) is 0 Å². The number of hydrogen-bond donors (Lipinski definition) is 1. The first-order valence-corrected chi connectivity index (χ1v) is 8.72. The van der Waals surface area contributed by atoms with Crippen LogP contribution < -0.4 is 5.32 Å². The average Bonchev–Trinajstić information content (AvgIpc) is 3.11. The monoisotopic (exact) mass is 346 g/mol. The Balaban J connectivity index is 1.74. The standard InChI is InChI=1S/C22H22N2O2/c1-3-17-6-4-7-19(14-17)23-22(26)21(25)20-8-5-13-24(20)15-18-11-9-16(2)10-12-18/h4-14H,3,15H2,1-2H3,(H,23,26). The van der Waals surface area contributed by atoms with Gasteiger partial charge in [-0.25, -0.2) is 0 Å². The highest BCUT2D eigenvalue weighted by Gasteiger charge is 2.20. The molecule has 0 bridgehead atoms. The van der Waals surface area contributed by atoms with Crippen molar-refractivity contribution in [2.24, 2.45) is 0 Å². The zero-order chi connectivity index (χ0) is 18.5. The molecule has 4 nitrogen and oxygen atoms in total. The van der Waals surface area contributed by atoms with Crippen LogP contribution in [0, 0.1) is 6.92 Å². The van der Waals surface area contributed by atoms with Crippen LogP contribution in [-0.2, 0) is 17.8 Å². The summed E-state index contributed by atoms with van der Waals surface area (Å²) in [6, 6.07) is 19.1. The number of Topliss-reactive ketones (excluding diaryl/α,β-unsaturated/α-hetero) is 1. The normalized spacial score (nSPS) is 10.5. The highest BCUT2D eigenvalue weighted by molar-refractivity contribution is 6.46. The van der Waals surface area contributed by atoms with Gasteiger partial charge in [-0.3, -0.25) is 9.59 Å². The lowest BCUT2D eigenvalue weighted by Gasteiger charge is -2.10. The molecule has 0 atom stereocenters. The topological polar surface area (TPSA) is 51.1 Å². The molecule has 0 saturated heterocycles. The van der Waals surface area contributed by atoms with Gasteiger partial charge in [0.25, 0.3) is 11.7 Å². The Morgan fingerprint density at radius 2 is 1.73 bits per heavy atom. The third-order valence-corrected chi connectivity index (χ3v) is 4.34. The summed E-state index contributed by atoms with van der Waals surface area (Å²) >= 11 is 0. The molecule has 1 heterocycles. The first-order chi connectivity index (χ1) is 12.6. The number of benzene rings is 2. The quantitative estimate of drug-likeness (QED) is 0.536. The van der Waals surface area contributed by atoms with Gasteiger partial charge in [0.2, 0.25) is 0 Å². The number of rotatable bonds is 6. The molecule has 0 spiro atoms. The van der Waals surface area contributed by atoms with E-state index in [-0.39, 0.29) is 0 Å². The number of anilines is 1. The predicted octanol–water partition coefficient (Wildman–Crippen LogP) is 4.23. The second-order valence-corrected chi connectivity index (χ2v) is 6.34. The maximum absolute atomic E-state index is 12.6. The number of aryl methyl sites for hydroxylation is 2. The number of ketones is 1. The van der Waals surface area contributed by atoms with Crippen LogP contribution in [0.4, 0.5) is 5.69 Å². The smallest absolute Gasteiger partial charge is 0.298 e. The molecule has 4 heteroatoms. The van der Waals surface area contributed by atoms with E-state index in [1.165, 1.54) is 5.56 Å². The summed E-state index contributed by atoms with van der Waals surface area (Å²) in [5, 5.41) is 2.70. The van der Waals surface area contributed by atoms with Gasteiger partial charge in [0, 0.05) is 18.4 Å². The van der Waals surface area contributed by atoms with Gasteiger partial charge in [0.15, 0.2) is 0 Å². The largest absolute Gasteiger partial charge is 0.340 e. The fourth-order valence-corrected chi connectivity index (χ4v) is 2.82. The molecule has 0 aliphatic rings. The maximum atomic E-state index is 12.6. The Hall–Kier alpha value is -3.14. The van der Waals surface area contributed by atoms with Crippen LogP contribution in [0.2, 0.25) is 0 Å². The van der Waals surface area contributed by atoms with Crippen LogP contribution in [-0.4, -0.2) is 16.3 Å². The summed E-state index contributed by atoms with van der Waals surface area (Å²) < 4.78 is 1.80. The molecule has 0 aliphatic heterocycles. The average molecular weight is 346 g/mol. The number of carbonyl (C=O) groups is 2. The van der Waals surface area contributed by atoms with Crippen molar-refractivity contribution in [2.45, 2.75) is 26.8 Å². The van der Waals surface area contributed by atoms with Crippen molar-refractivity contribution in [1.29, 1.82) is 0 Å². The van der Waals surface area contributed by atoms with Gasteiger partial charge < -0.3 is 9.88 Å². The molecule has 26 heavy (non-hydrogen) atoms. The van der Waals surface area contributed by atoms with Crippen molar-refractivity contribution in [3.8, 4) is 0 Å². The minimum Gasteiger partial charge on any atom is -0.340 e. The van der Waals surface area contributed by atoms with E-state index in [2.05, 4.69) is 5.32 Å². The van der Waals surface area contributed by atoms with Gasteiger partial charge in [-0.2, -0.15) is 0 Å². The zero-order valence-corrected chi connectivity index (χ0v) is 15.0. The molecule has 1 N–H and O–H groups in total. The molecular formula is C22H22N2O2. The number of carbonyl (C=O) groups excluding carboxylic acids is 2. The van der Waals surface area contributed by atoms with E-state index < -0.39 is 11.7 Å². The van der Waals surface area contributed by atoms with E-state index in [0.29, 0.717) is 17.9 Å². The van der Waals surface area contributed by atoms with Crippen LogP contribution in [0.1, 0.15) is 34.1 Å². The molecule has 2 aromatic carbocycles. The van der Waals surface area contributed by atoms with Crippen molar-refractivity contribution in [1.82, 2.24) is 4.57 Å². The van der Waals surface area contributed by atoms with E-state index in [1.54, 1.807) is 22.8 Å². The molecule has 0 radical (unpaired) electrons. The molecular weight excluding hydrogens is 324 g/mol. The number of nitrogens with one attached hydrogen (secondary N) is 1. The van der Waals surface area contributed by atoms with Gasteiger partial charge >= 0.3 is 0 Å². The second kappa shape index (κ2) is 7.83. The number of nitrogens with zero attached hydrogens (tertiary/aromatic N) is 1. The molecule has 3 aromatic rings. The highest BCUT2D eigenvalue weighted by Crippen LogP contribution is 2.14. The molecule has 0 saturated carbocycles. The summed E-state index contributed by atoms with van der Waals surface area (Å²) in [6.07, 6.45) is 2.69. The minimum absolute atomic E-state index is 0.384. The SMILES string of the molecule is CCc1cccc(NC(=O)C(=O)c2cccn2Cc2ccc(C)cc2)c1. The van der Waals surface area contributed by atoms with Gasteiger partial charge in [0.05, 0.1) is 5.69 Å².